The third-order valence-corrected chi connectivity index (χ3v) is 7.39. The van der Waals surface area contributed by atoms with Crippen LogP contribution < -0.4 is 21.3 Å². The van der Waals surface area contributed by atoms with E-state index in [4.69, 9.17) is 0 Å². The third kappa shape index (κ3) is 9.96. The maximum atomic E-state index is 3.75. The molecule has 5 rings (SSSR count). The average molecular weight is 569 g/mol. The van der Waals surface area contributed by atoms with E-state index in [0.717, 1.165) is 91.6 Å². The number of nitrogens with zero attached hydrogens (tertiary/aromatic N) is 2. The molecule has 2 heterocycles. The molecule has 12 heteroatoms. The van der Waals surface area contributed by atoms with Crippen molar-refractivity contribution in [2.45, 2.75) is 13.1 Å². The van der Waals surface area contributed by atoms with Gasteiger partial charge in [-0.15, -0.1) is 0 Å². The van der Waals surface area contributed by atoms with Gasteiger partial charge in [0.05, 0.1) is 0 Å². The molecule has 16 N–H and O–H groups in total. The first-order valence-electron chi connectivity index (χ1n) is 13.1. The van der Waals surface area contributed by atoms with Gasteiger partial charge in [-0.3, -0.25) is 9.80 Å². The standard InChI is InChI=1S/C28H40N6.6H2O/c1-2-6-24-23(5-1)27(21-31-13-19-33-15-9-29-10-16-33)25-7-3-4-8-26(25)28(24)22-32-14-20-34-17-11-30-12-18-34;;;;;;/h1-8,29-32H,9-22H2;6*1H2. The first kappa shape index (κ1) is 39.8. The minimum Gasteiger partial charge on any atom is -0.412 e. The molecule has 3 aromatic rings. The molecule has 3 aromatic carbocycles. The molecule has 40 heavy (non-hydrogen) atoms. The summed E-state index contributed by atoms with van der Waals surface area (Å²) in [5, 5.41) is 19.9. The number of piperazine rings is 2. The predicted molar refractivity (Wildman–Crippen MR) is 165 cm³/mol. The van der Waals surface area contributed by atoms with E-state index in [1.165, 1.54) is 32.7 Å². The molecule has 2 saturated heterocycles. The Bertz CT molecular complexity index is 939. The fourth-order valence-electron chi connectivity index (χ4n) is 5.46. The molecular formula is C28H52N6O6. The van der Waals surface area contributed by atoms with E-state index in [2.05, 4.69) is 79.6 Å². The molecule has 0 radical (unpaired) electrons. The Morgan fingerprint density at radius 3 is 1.10 bits per heavy atom. The number of nitrogens with one attached hydrogen (secondary N) is 4. The molecule has 12 nitrogen and oxygen atoms in total. The molecule has 0 saturated carbocycles. The van der Waals surface area contributed by atoms with Crippen LogP contribution >= 0.6 is 0 Å². The lowest BCUT2D eigenvalue weighted by molar-refractivity contribution is 0.241. The molecular weight excluding hydrogens is 516 g/mol. The van der Waals surface area contributed by atoms with Crippen molar-refractivity contribution >= 4 is 21.5 Å². The minimum atomic E-state index is 0. The van der Waals surface area contributed by atoms with Gasteiger partial charge in [0.25, 0.3) is 0 Å². The first-order valence-corrected chi connectivity index (χ1v) is 13.1. The Morgan fingerprint density at radius 2 is 0.800 bits per heavy atom. The van der Waals surface area contributed by atoms with E-state index in [0.29, 0.717) is 0 Å². The van der Waals surface area contributed by atoms with Crippen LogP contribution in [0.4, 0.5) is 0 Å². The van der Waals surface area contributed by atoms with Crippen molar-refractivity contribution in [3.63, 3.8) is 0 Å². The predicted octanol–water partition coefficient (Wildman–Crippen LogP) is -2.97. The number of hydrogen-bond acceptors (Lipinski definition) is 6. The lowest BCUT2D eigenvalue weighted by atomic mass is 9.91. The van der Waals surface area contributed by atoms with Gasteiger partial charge in [-0.1, -0.05) is 48.5 Å². The van der Waals surface area contributed by atoms with E-state index in [-0.39, 0.29) is 32.9 Å². The van der Waals surface area contributed by atoms with Crippen molar-refractivity contribution in [2.24, 2.45) is 0 Å². The molecule has 0 amide bonds. The molecule has 0 atom stereocenters. The SMILES string of the molecule is O.O.O.O.O.O.c1ccc2c(CNCCN3CCNCC3)c3ccccc3c(CNCCN3CCNCC3)c2c1. The second-order valence-electron chi connectivity index (χ2n) is 9.59. The van der Waals surface area contributed by atoms with Crippen molar-refractivity contribution in [2.75, 3.05) is 78.5 Å². The fourth-order valence-corrected chi connectivity index (χ4v) is 5.46. The van der Waals surface area contributed by atoms with Gasteiger partial charge in [0, 0.05) is 91.6 Å². The van der Waals surface area contributed by atoms with Gasteiger partial charge in [0.1, 0.15) is 0 Å². The smallest absolute Gasteiger partial charge is 0.0218 e. The molecule has 0 aliphatic carbocycles. The summed E-state index contributed by atoms with van der Waals surface area (Å²) in [6, 6.07) is 18.0. The van der Waals surface area contributed by atoms with Crippen molar-refractivity contribution in [1.29, 1.82) is 0 Å². The molecule has 2 fully saturated rings. The third-order valence-electron chi connectivity index (χ3n) is 7.39. The van der Waals surface area contributed by atoms with Crippen LogP contribution in [0.2, 0.25) is 0 Å². The summed E-state index contributed by atoms with van der Waals surface area (Å²) in [5.41, 5.74) is 2.85. The van der Waals surface area contributed by atoms with Crippen LogP contribution in [0, 0.1) is 0 Å². The van der Waals surface area contributed by atoms with Crippen LogP contribution in [0.25, 0.3) is 21.5 Å². The highest BCUT2D eigenvalue weighted by Gasteiger charge is 2.14. The Hall–Kier alpha value is -2.30. The molecule has 0 aromatic heterocycles. The highest BCUT2D eigenvalue weighted by atomic mass is 16.0. The first-order chi connectivity index (χ1) is 16.9. The van der Waals surface area contributed by atoms with Gasteiger partial charge >= 0.3 is 0 Å². The molecule has 2 aliphatic rings. The van der Waals surface area contributed by atoms with E-state index >= 15 is 0 Å². The molecule has 2 aliphatic heterocycles. The maximum Gasteiger partial charge on any atom is 0.0218 e. The fraction of sp³-hybridized carbons (Fsp3) is 0.500. The number of hydrogen-bond donors (Lipinski definition) is 4. The van der Waals surface area contributed by atoms with Crippen molar-refractivity contribution in [1.82, 2.24) is 31.1 Å². The number of rotatable bonds is 10. The summed E-state index contributed by atoms with van der Waals surface area (Å²) < 4.78 is 0. The quantitative estimate of drug-likeness (QED) is 0.147. The summed E-state index contributed by atoms with van der Waals surface area (Å²) in [6.45, 7) is 15.2. The second kappa shape index (κ2) is 20.6. The van der Waals surface area contributed by atoms with Gasteiger partial charge < -0.3 is 54.1 Å². The summed E-state index contributed by atoms with van der Waals surface area (Å²) in [5.74, 6) is 0. The Kier molecular flexibility index (Phi) is 20.5. The summed E-state index contributed by atoms with van der Waals surface area (Å²) in [7, 11) is 0. The second-order valence-corrected chi connectivity index (χ2v) is 9.59. The van der Waals surface area contributed by atoms with Crippen LogP contribution in [0.5, 0.6) is 0 Å². The van der Waals surface area contributed by atoms with Crippen molar-refractivity contribution in [3.8, 4) is 0 Å². The monoisotopic (exact) mass is 568 g/mol. The Balaban J connectivity index is 0. The van der Waals surface area contributed by atoms with Crippen molar-refractivity contribution in [3.05, 3.63) is 59.7 Å². The minimum absolute atomic E-state index is 0. The zero-order valence-electron chi connectivity index (χ0n) is 23.4. The lowest BCUT2D eigenvalue weighted by Gasteiger charge is -2.27. The van der Waals surface area contributed by atoms with E-state index < -0.39 is 0 Å². The molecule has 0 spiro atoms. The zero-order valence-corrected chi connectivity index (χ0v) is 23.4. The summed E-state index contributed by atoms with van der Waals surface area (Å²) in [6.07, 6.45) is 0. The average Bonchev–Trinajstić information content (AvgIpc) is 2.90. The molecule has 230 valence electrons. The van der Waals surface area contributed by atoms with Gasteiger partial charge in [0.15, 0.2) is 0 Å². The van der Waals surface area contributed by atoms with Crippen molar-refractivity contribution < 1.29 is 32.9 Å². The summed E-state index contributed by atoms with van der Waals surface area (Å²) in [4.78, 5) is 5.10. The van der Waals surface area contributed by atoms with E-state index in [9.17, 15) is 0 Å². The zero-order chi connectivity index (χ0) is 23.0. The van der Waals surface area contributed by atoms with Gasteiger partial charge in [-0.2, -0.15) is 0 Å². The number of benzene rings is 3. The molecule has 0 unspecified atom stereocenters. The van der Waals surface area contributed by atoms with Gasteiger partial charge in [-0.25, -0.2) is 0 Å². The Morgan fingerprint density at radius 1 is 0.500 bits per heavy atom. The maximum absolute atomic E-state index is 3.75. The van der Waals surface area contributed by atoms with Crippen LogP contribution in [0.3, 0.4) is 0 Å². The van der Waals surface area contributed by atoms with Crippen LogP contribution in [0.1, 0.15) is 11.1 Å². The van der Waals surface area contributed by atoms with Gasteiger partial charge in [0.2, 0.25) is 0 Å². The van der Waals surface area contributed by atoms with Crippen LogP contribution in [0.15, 0.2) is 48.5 Å². The van der Waals surface area contributed by atoms with E-state index in [1.54, 1.807) is 0 Å². The van der Waals surface area contributed by atoms with Gasteiger partial charge in [-0.05, 0) is 32.7 Å². The lowest BCUT2D eigenvalue weighted by Crippen LogP contribution is -2.45. The number of fused-ring (bicyclic) bond motifs is 2. The summed E-state index contributed by atoms with van der Waals surface area (Å²) >= 11 is 0. The van der Waals surface area contributed by atoms with Crippen LogP contribution in [-0.2, 0) is 13.1 Å². The highest BCUT2D eigenvalue weighted by Crippen LogP contribution is 2.33. The van der Waals surface area contributed by atoms with Crippen LogP contribution in [-0.4, -0.2) is 121 Å². The normalized spacial score (nSPS) is 15.4. The topological polar surface area (TPSA) is 244 Å². The largest absolute Gasteiger partial charge is 0.412 e. The Labute approximate surface area is 236 Å². The highest BCUT2D eigenvalue weighted by molar-refractivity contribution is 6.05. The van der Waals surface area contributed by atoms with E-state index in [1.807, 2.05) is 0 Å². The molecule has 0 bridgehead atoms.